The van der Waals surface area contributed by atoms with Crippen LogP contribution in [0.15, 0.2) is 28.8 Å². The topological polar surface area (TPSA) is 81.4 Å². The molecule has 0 aliphatic carbocycles. The average molecular weight is 272 g/mol. The number of oxazole rings is 1. The van der Waals surface area contributed by atoms with E-state index in [1.165, 1.54) is 6.20 Å². The second-order valence-corrected chi connectivity index (χ2v) is 4.35. The van der Waals surface area contributed by atoms with Crippen LogP contribution in [0, 0.1) is 0 Å². The van der Waals surface area contributed by atoms with E-state index in [0.29, 0.717) is 12.3 Å². The van der Waals surface area contributed by atoms with E-state index in [2.05, 4.69) is 10.3 Å². The summed E-state index contributed by atoms with van der Waals surface area (Å²) in [6, 6.07) is 5.41. The van der Waals surface area contributed by atoms with Crippen LogP contribution in [0.3, 0.4) is 0 Å². The van der Waals surface area contributed by atoms with Crippen molar-refractivity contribution in [3.8, 4) is 11.5 Å². The van der Waals surface area contributed by atoms with Gasteiger partial charge in [-0.05, 0) is 30.7 Å². The van der Waals surface area contributed by atoms with Crippen LogP contribution in [0.5, 0.6) is 0 Å². The van der Waals surface area contributed by atoms with Gasteiger partial charge in [0.1, 0.15) is 0 Å². The lowest BCUT2D eigenvalue weighted by Crippen LogP contribution is -2.03. The number of amides is 1. The first kappa shape index (κ1) is 12.4. The van der Waals surface area contributed by atoms with Gasteiger partial charge in [-0.1, -0.05) is 0 Å². The molecule has 1 aliphatic rings. The molecule has 1 amide bonds. The van der Waals surface area contributed by atoms with Crippen LogP contribution in [-0.2, 0) is 16.0 Å². The lowest BCUT2D eigenvalue weighted by Gasteiger charge is -2.00. The minimum atomic E-state index is -0.538. The molecule has 2 aromatic rings. The molecule has 0 saturated heterocycles. The van der Waals surface area contributed by atoms with Gasteiger partial charge in [0, 0.05) is 11.3 Å². The van der Waals surface area contributed by atoms with Crippen LogP contribution in [0.4, 0.5) is 5.69 Å². The van der Waals surface area contributed by atoms with Crippen molar-refractivity contribution in [2.24, 2.45) is 0 Å². The van der Waals surface area contributed by atoms with E-state index < -0.39 is 5.97 Å². The van der Waals surface area contributed by atoms with Crippen molar-refractivity contribution in [2.45, 2.75) is 13.3 Å². The third-order valence-corrected chi connectivity index (χ3v) is 2.96. The molecule has 0 saturated carbocycles. The van der Waals surface area contributed by atoms with E-state index in [0.717, 1.165) is 16.8 Å². The summed E-state index contributed by atoms with van der Waals surface area (Å²) >= 11 is 0. The molecule has 0 atom stereocenters. The summed E-state index contributed by atoms with van der Waals surface area (Å²) in [5.41, 5.74) is 2.41. The summed E-state index contributed by atoms with van der Waals surface area (Å²) in [6.45, 7) is 2.00. The Balaban J connectivity index is 1.89. The summed E-state index contributed by atoms with van der Waals surface area (Å²) in [5.74, 6) is -0.173. The molecule has 6 heteroatoms. The smallest absolute Gasteiger partial charge is 0.375 e. The molecule has 2 heterocycles. The minimum absolute atomic E-state index is 0.0308. The Kier molecular flexibility index (Phi) is 2.98. The highest BCUT2D eigenvalue weighted by Gasteiger charge is 2.20. The third-order valence-electron chi connectivity index (χ3n) is 2.96. The van der Waals surface area contributed by atoms with Crippen LogP contribution in [0.25, 0.3) is 11.5 Å². The maximum atomic E-state index is 11.5. The van der Waals surface area contributed by atoms with Crippen LogP contribution >= 0.6 is 0 Å². The van der Waals surface area contributed by atoms with Gasteiger partial charge in [0.05, 0.1) is 19.2 Å². The van der Waals surface area contributed by atoms with Crippen LogP contribution < -0.4 is 5.32 Å². The minimum Gasteiger partial charge on any atom is -0.460 e. The predicted octanol–water partition coefficient (Wildman–Crippen LogP) is 2.01. The molecule has 1 aromatic carbocycles. The quantitative estimate of drug-likeness (QED) is 0.864. The molecule has 3 rings (SSSR count). The number of hydrogen-bond donors (Lipinski definition) is 1. The molecular formula is C14H12N2O4. The van der Waals surface area contributed by atoms with Crippen LogP contribution in [0.1, 0.15) is 23.0 Å². The fourth-order valence-electron chi connectivity index (χ4n) is 2.07. The van der Waals surface area contributed by atoms with Gasteiger partial charge in [-0.3, -0.25) is 4.79 Å². The number of ether oxygens (including phenoxy) is 1. The highest BCUT2D eigenvalue weighted by molar-refractivity contribution is 5.99. The summed E-state index contributed by atoms with van der Waals surface area (Å²) in [6.07, 6.45) is 1.68. The molecule has 0 spiro atoms. The highest BCUT2D eigenvalue weighted by Crippen LogP contribution is 2.28. The molecule has 1 N–H and O–H groups in total. The SMILES string of the molecule is CCOC(=O)c1cnc(-c2ccc3c(c2)CC(=O)N3)o1. The largest absolute Gasteiger partial charge is 0.460 e. The van der Waals surface area contributed by atoms with Crippen LogP contribution in [0.2, 0.25) is 0 Å². The van der Waals surface area contributed by atoms with Crippen molar-refractivity contribution in [1.82, 2.24) is 4.98 Å². The average Bonchev–Trinajstić information content (AvgIpc) is 3.02. The zero-order valence-electron chi connectivity index (χ0n) is 10.8. The fourth-order valence-corrected chi connectivity index (χ4v) is 2.07. The van der Waals surface area contributed by atoms with Gasteiger partial charge in [0.15, 0.2) is 0 Å². The molecule has 0 radical (unpaired) electrons. The maximum absolute atomic E-state index is 11.5. The van der Waals surface area contributed by atoms with E-state index in [-0.39, 0.29) is 18.3 Å². The van der Waals surface area contributed by atoms with E-state index in [4.69, 9.17) is 9.15 Å². The van der Waals surface area contributed by atoms with Gasteiger partial charge >= 0.3 is 5.97 Å². The first-order valence-electron chi connectivity index (χ1n) is 6.23. The number of nitrogens with zero attached hydrogens (tertiary/aromatic N) is 1. The maximum Gasteiger partial charge on any atom is 0.375 e. The molecule has 1 aliphatic heterocycles. The lowest BCUT2D eigenvalue weighted by molar-refractivity contribution is -0.115. The van der Waals surface area contributed by atoms with E-state index in [1.54, 1.807) is 19.1 Å². The van der Waals surface area contributed by atoms with E-state index in [9.17, 15) is 9.59 Å². The Hall–Kier alpha value is -2.63. The van der Waals surface area contributed by atoms with Gasteiger partial charge in [-0.15, -0.1) is 0 Å². The Morgan fingerprint density at radius 3 is 3.15 bits per heavy atom. The number of nitrogens with one attached hydrogen (secondary N) is 1. The lowest BCUT2D eigenvalue weighted by atomic mass is 10.1. The Bertz CT molecular complexity index is 690. The van der Waals surface area contributed by atoms with Crippen molar-refractivity contribution in [2.75, 3.05) is 11.9 Å². The number of fused-ring (bicyclic) bond motifs is 1. The normalized spacial score (nSPS) is 12.9. The molecule has 20 heavy (non-hydrogen) atoms. The number of benzene rings is 1. The number of anilines is 1. The first-order valence-corrected chi connectivity index (χ1v) is 6.23. The first-order chi connectivity index (χ1) is 9.67. The third kappa shape index (κ3) is 2.16. The number of aromatic nitrogens is 1. The summed E-state index contributed by atoms with van der Waals surface area (Å²) in [5, 5.41) is 2.75. The molecule has 0 unspecified atom stereocenters. The number of carbonyl (C=O) groups is 2. The standard InChI is InChI=1S/C14H12N2O4/c1-2-19-14(18)11-7-15-13(20-11)8-3-4-10-9(5-8)6-12(17)16-10/h3-5,7H,2,6H2,1H3,(H,16,17). The monoisotopic (exact) mass is 272 g/mol. The number of carbonyl (C=O) groups excluding carboxylic acids is 2. The Morgan fingerprint density at radius 2 is 2.35 bits per heavy atom. The van der Waals surface area contributed by atoms with Crippen molar-refractivity contribution in [3.05, 3.63) is 35.7 Å². The molecular weight excluding hydrogens is 260 g/mol. The van der Waals surface area contributed by atoms with Crippen molar-refractivity contribution in [1.29, 1.82) is 0 Å². The van der Waals surface area contributed by atoms with Gasteiger partial charge in [0.25, 0.3) is 0 Å². The molecule has 1 aromatic heterocycles. The fraction of sp³-hybridized carbons (Fsp3) is 0.214. The van der Waals surface area contributed by atoms with Crippen molar-refractivity contribution >= 4 is 17.6 Å². The predicted molar refractivity (Wildman–Crippen MR) is 70.2 cm³/mol. The summed E-state index contributed by atoms with van der Waals surface area (Å²) in [4.78, 5) is 26.9. The van der Waals surface area contributed by atoms with Crippen molar-refractivity contribution in [3.63, 3.8) is 0 Å². The van der Waals surface area contributed by atoms with Gasteiger partial charge in [0.2, 0.25) is 17.6 Å². The van der Waals surface area contributed by atoms with Gasteiger partial charge < -0.3 is 14.5 Å². The van der Waals surface area contributed by atoms with Crippen molar-refractivity contribution < 1.29 is 18.7 Å². The highest BCUT2D eigenvalue weighted by atomic mass is 16.5. The molecule has 0 fully saturated rings. The Morgan fingerprint density at radius 1 is 1.50 bits per heavy atom. The van der Waals surface area contributed by atoms with Gasteiger partial charge in [-0.25, -0.2) is 9.78 Å². The zero-order valence-corrected chi connectivity index (χ0v) is 10.8. The second-order valence-electron chi connectivity index (χ2n) is 4.35. The molecule has 102 valence electrons. The molecule has 0 bridgehead atoms. The summed E-state index contributed by atoms with van der Waals surface area (Å²) in [7, 11) is 0. The zero-order chi connectivity index (χ0) is 14.1. The van der Waals surface area contributed by atoms with Crippen LogP contribution in [-0.4, -0.2) is 23.5 Å². The number of hydrogen-bond acceptors (Lipinski definition) is 5. The second kappa shape index (κ2) is 4.80. The van der Waals surface area contributed by atoms with E-state index >= 15 is 0 Å². The van der Waals surface area contributed by atoms with E-state index in [1.807, 2.05) is 6.07 Å². The summed E-state index contributed by atoms with van der Waals surface area (Å²) < 4.78 is 10.2. The number of esters is 1. The van der Waals surface area contributed by atoms with Gasteiger partial charge in [-0.2, -0.15) is 0 Å². The molecule has 6 nitrogen and oxygen atoms in total. The Labute approximate surface area is 114 Å². The number of rotatable bonds is 3.